The lowest BCUT2D eigenvalue weighted by Gasteiger charge is -2.22. The lowest BCUT2D eigenvalue weighted by atomic mass is 10.2. The molecule has 0 saturated heterocycles. The number of nitrogens with zero attached hydrogens (tertiary/aromatic N) is 2. The maximum Gasteiger partial charge on any atom is 0.251 e. The van der Waals surface area contributed by atoms with E-state index in [-0.39, 0.29) is 29.9 Å². The molecular formula is C20H26ClIN4O2. The first kappa shape index (κ1) is 24.0. The first-order valence-electron chi connectivity index (χ1n) is 8.62. The fourth-order valence-electron chi connectivity index (χ4n) is 2.54. The van der Waals surface area contributed by atoms with Crippen molar-refractivity contribution < 1.29 is 9.53 Å². The molecule has 6 nitrogen and oxygen atoms in total. The van der Waals surface area contributed by atoms with Crippen LogP contribution < -0.4 is 15.4 Å². The van der Waals surface area contributed by atoms with Crippen LogP contribution in [0.3, 0.4) is 0 Å². The zero-order valence-corrected chi connectivity index (χ0v) is 19.3. The van der Waals surface area contributed by atoms with E-state index in [1.54, 1.807) is 38.4 Å². The molecule has 0 aromatic heterocycles. The maximum atomic E-state index is 12.2. The lowest BCUT2D eigenvalue weighted by Crippen LogP contribution is -2.42. The Labute approximate surface area is 188 Å². The molecule has 0 aliphatic carbocycles. The van der Waals surface area contributed by atoms with Crippen LogP contribution in [0.4, 0.5) is 0 Å². The van der Waals surface area contributed by atoms with Crippen molar-refractivity contribution in [3.05, 3.63) is 64.7 Å². The average molecular weight is 517 g/mol. The molecule has 2 N–H and O–H groups in total. The Bertz CT molecular complexity index is 784. The van der Waals surface area contributed by atoms with Crippen LogP contribution in [0, 0.1) is 0 Å². The summed E-state index contributed by atoms with van der Waals surface area (Å²) >= 11 is 5.92. The summed E-state index contributed by atoms with van der Waals surface area (Å²) < 4.78 is 5.14. The molecule has 8 heteroatoms. The maximum absolute atomic E-state index is 12.2. The Morgan fingerprint density at radius 3 is 2.46 bits per heavy atom. The standard InChI is InChI=1S/C20H25ClN4O2.HI/c1-22-20(25(2)14-15-7-9-17(21)10-8-15)24-12-11-23-19(26)16-5-4-6-18(13-16)27-3;/h4-10,13H,11-12,14H2,1-3H3,(H,22,24)(H,23,26);1H. The quantitative estimate of drug-likeness (QED) is 0.256. The molecule has 0 radical (unpaired) electrons. The molecule has 0 aliphatic rings. The second-order valence-electron chi connectivity index (χ2n) is 5.94. The van der Waals surface area contributed by atoms with Gasteiger partial charge in [0.1, 0.15) is 5.75 Å². The van der Waals surface area contributed by atoms with Crippen LogP contribution in [0.5, 0.6) is 5.75 Å². The zero-order chi connectivity index (χ0) is 19.6. The number of methoxy groups -OCH3 is 1. The molecule has 0 spiro atoms. The van der Waals surface area contributed by atoms with Crippen molar-refractivity contribution in [1.29, 1.82) is 0 Å². The van der Waals surface area contributed by atoms with Crippen molar-refractivity contribution >= 4 is 47.4 Å². The van der Waals surface area contributed by atoms with E-state index in [2.05, 4.69) is 15.6 Å². The topological polar surface area (TPSA) is 66.0 Å². The van der Waals surface area contributed by atoms with Crippen molar-refractivity contribution in [1.82, 2.24) is 15.5 Å². The summed E-state index contributed by atoms with van der Waals surface area (Å²) in [4.78, 5) is 18.5. The summed E-state index contributed by atoms with van der Waals surface area (Å²) in [5, 5.41) is 6.84. The fraction of sp³-hybridized carbons (Fsp3) is 0.300. The molecule has 1 amide bonds. The third-order valence-corrected chi connectivity index (χ3v) is 4.18. The van der Waals surface area contributed by atoms with Crippen LogP contribution in [0.1, 0.15) is 15.9 Å². The van der Waals surface area contributed by atoms with Gasteiger partial charge < -0.3 is 20.3 Å². The lowest BCUT2D eigenvalue weighted by molar-refractivity contribution is 0.0954. The predicted molar refractivity (Wildman–Crippen MR) is 125 cm³/mol. The van der Waals surface area contributed by atoms with Crippen LogP contribution in [0.15, 0.2) is 53.5 Å². The van der Waals surface area contributed by atoms with Gasteiger partial charge in [0.2, 0.25) is 0 Å². The van der Waals surface area contributed by atoms with E-state index in [1.165, 1.54) is 0 Å². The number of halogens is 2. The first-order chi connectivity index (χ1) is 13.0. The minimum absolute atomic E-state index is 0. The highest BCUT2D eigenvalue weighted by molar-refractivity contribution is 14.0. The van der Waals surface area contributed by atoms with Gasteiger partial charge >= 0.3 is 0 Å². The summed E-state index contributed by atoms with van der Waals surface area (Å²) in [6, 6.07) is 14.8. The number of guanidine groups is 1. The molecule has 0 unspecified atom stereocenters. The van der Waals surface area contributed by atoms with E-state index in [4.69, 9.17) is 16.3 Å². The molecule has 2 rings (SSSR count). The van der Waals surface area contributed by atoms with Crippen LogP contribution in [0.2, 0.25) is 5.02 Å². The normalized spacial score (nSPS) is 10.6. The van der Waals surface area contributed by atoms with Gasteiger partial charge in [0, 0.05) is 44.3 Å². The molecule has 152 valence electrons. The van der Waals surface area contributed by atoms with Gasteiger partial charge in [-0.2, -0.15) is 0 Å². The van der Waals surface area contributed by atoms with Crippen LogP contribution in [-0.2, 0) is 6.54 Å². The molecule has 28 heavy (non-hydrogen) atoms. The van der Waals surface area contributed by atoms with Crippen molar-refractivity contribution in [2.24, 2.45) is 4.99 Å². The number of benzene rings is 2. The second-order valence-corrected chi connectivity index (χ2v) is 6.38. The Morgan fingerprint density at radius 1 is 1.14 bits per heavy atom. The number of rotatable bonds is 7. The zero-order valence-electron chi connectivity index (χ0n) is 16.2. The molecule has 2 aromatic rings. The number of nitrogens with one attached hydrogen (secondary N) is 2. The van der Waals surface area contributed by atoms with Crippen LogP contribution in [0.25, 0.3) is 0 Å². The summed E-state index contributed by atoms with van der Waals surface area (Å²) in [5.41, 5.74) is 1.70. The van der Waals surface area contributed by atoms with Gasteiger partial charge in [-0.25, -0.2) is 0 Å². The minimum atomic E-state index is -0.139. The number of aliphatic imine (C=N–C) groups is 1. The minimum Gasteiger partial charge on any atom is -0.497 e. The SMILES string of the molecule is CN=C(NCCNC(=O)c1cccc(OC)c1)N(C)Cc1ccc(Cl)cc1.I. The molecule has 2 aromatic carbocycles. The highest BCUT2D eigenvalue weighted by Crippen LogP contribution is 2.12. The van der Waals surface area contributed by atoms with Gasteiger partial charge in [0.25, 0.3) is 5.91 Å². The van der Waals surface area contributed by atoms with Gasteiger partial charge in [-0.1, -0.05) is 29.8 Å². The fourth-order valence-corrected chi connectivity index (χ4v) is 2.67. The first-order valence-corrected chi connectivity index (χ1v) is 8.99. The van der Waals surface area contributed by atoms with Crippen LogP contribution in [-0.4, -0.2) is 51.1 Å². The Kier molecular flexibility index (Phi) is 10.7. The van der Waals surface area contributed by atoms with Gasteiger partial charge in [-0.05, 0) is 35.9 Å². The van der Waals surface area contributed by atoms with E-state index in [0.717, 1.165) is 16.5 Å². The van der Waals surface area contributed by atoms with Crippen LogP contribution >= 0.6 is 35.6 Å². The van der Waals surface area contributed by atoms with Crippen molar-refractivity contribution in [3.8, 4) is 5.75 Å². The monoisotopic (exact) mass is 516 g/mol. The van der Waals surface area contributed by atoms with Gasteiger partial charge in [0.05, 0.1) is 7.11 Å². The molecule has 0 atom stereocenters. The number of amides is 1. The third kappa shape index (κ3) is 7.55. The van der Waals surface area contributed by atoms with Gasteiger partial charge in [0.15, 0.2) is 5.96 Å². The Morgan fingerprint density at radius 2 is 1.82 bits per heavy atom. The van der Waals surface area contributed by atoms with E-state index >= 15 is 0 Å². The van der Waals surface area contributed by atoms with Crippen molar-refractivity contribution in [2.45, 2.75) is 6.54 Å². The second kappa shape index (κ2) is 12.5. The Balaban J connectivity index is 0.00000392. The molecule has 0 aliphatic heterocycles. The summed E-state index contributed by atoms with van der Waals surface area (Å²) in [5.74, 6) is 1.27. The molecule has 0 fully saturated rings. The Hall–Kier alpha value is -2.00. The highest BCUT2D eigenvalue weighted by Gasteiger charge is 2.08. The largest absolute Gasteiger partial charge is 0.497 e. The van der Waals surface area contributed by atoms with Gasteiger partial charge in [-0.15, -0.1) is 24.0 Å². The molecule has 0 heterocycles. The smallest absolute Gasteiger partial charge is 0.251 e. The van der Waals surface area contributed by atoms with Crippen molar-refractivity contribution in [2.75, 3.05) is 34.3 Å². The summed E-state index contributed by atoms with van der Waals surface area (Å²) in [6.45, 7) is 1.74. The number of carbonyl (C=O) groups is 1. The summed E-state index contributed by atoms with van der Waals surface area (Å²) in [6.07, 6.45) is 0. The molecular weight excluding hydrogens is 491 g/mol. The number of ether oxygens (including phenoxy) is 1. The highest BCUT2D eigenvalue weighted by atomic mass is 127. The van der Waals surface area contributed by atoms with Gasteiger partial charge in [-0.3, -0.25) is 9.79 Å². The van der Waals surface area contributed by atoms with E-state index in [1.807, 2.05) is 36.2 Å². The average Bonchev–Trinajstić information content (AvgIpc) is 2.69. The predicted octanol–water partition coefficient (Wildman–Crippen LogP) is 3.40. The summed E-state index contributed by atoms with van der Waals surface area (Å²) in [7, 11) is 5.27. The number of hydrogen-bond donors (Lipinski definition) is 2. The number of carbonyl (C=O) groups excluding carboxylic acids is 1. The van der Waals surface area contributed by atoms with E-state index in [9.17, 15) is 4.79 Å². The molecule has 0 saturated carbocycles. The van der Waals surface area contributed by atoms with E-state index < -0.39 is 0 Å². The van der Waals surface area contributed by atoms with Crippen molar-refractivity contribution in [3.63, 3.8) is 0 Å². The third-order valence-electron chi connectivity index (χ3n) is 3.93. The van der Waals surface area contributed by atoms with E-state index in [0.29, 0.717) is 30.9 Å². The molecule has 0 bridgehead atoms. The number of hydrogen-bond acceptors (Lipinski definition) is 3.